The van der Waals surface area contributed by atoms with Gasteiger partial charge in [0.25, 0.3) is 11.8 Å². The summed E-state index contributed by atoms with van der Waals surface area (Å²) in [5.74, 6) is 0.223. The van der Waals surface area contributed by atoms with Gasteiger partial charge in [-0.05, 0) is 43.2 Å². The fraction of sp³-hybridized carbons (Fsp3) is 0.333. The highest BCUT2D eigenvalue weighted by Crippen LogP contribution is 2.25. The zero-order valence-corrected chi connectivity index (χ0v) is 17.2. The highest BCUT2D eigenvalue weighted by molar-refractivity contribution is 6.33. The standard InChI is InChI=1S/C21H22Cl2N2O3/c1-24-10-4-5-11-25(21(27)16-6-2-3-7-18(16)23)12-13-28-19-9-8-15(22)14-17(19)20(24)26/h2-3,6-9,14H,4-5,10-13H2,1H3. The minimum absolute atomic E-state index is 0.118. The molecule has 1 aliphatic heterocycles. The predicted molar refractivity (Wildman–Crippen MR) is 110 cm³/mol. The summed E-state index contributed by atoms with van der Waals surface area (Å²) in [6.07, 6.45) is 1.56. The van der Waals surface area contributed by atoms with Crippen LogP contribution in [0.4, 0.5) is 0 Å². The maximum absolute atomic E-state index is 12.9. The molecular weight excluding hydrogens is 399 g/mol. The lowest BCUT2D eigenvalue weighted by molar-refractivity contribution is 0.0704. The van der Waals surface area contributed by atoms with E-state index in [1.165, 1.54) is 0 Å². The van der Waals surface area contributed by atoms with Crippen molar-refractivity contribution >= 4 is 35.0 Å². The molecule has 0 N–H and O–H groups in total. The molecule has 0 aliphatic carbocycles. The second-order valence-electron chi connectivity index (χ2n) is 6.69. The van der Waals surface area contributed by atoms with E-state index >= 15 is 0 Å². The zero-order valence-electron chi connectivity index (χ0n) is 15.7. The normalized spacial score (nSPS) is 15.9. The lowest BCUT2D eigenvalue weighted by Gasteiger charge is -2.26. The summed E-state index contributed by atoms with van der Waals surface area (Å²) in [6, 6.07) is 12.0. The molecular formula is C21H22Cl2N2O3. The first-order chi connectivity index (χ1) is 13.5. The van der Waals surface area contributed by atoms with E-state index in [-0.39, 0.29) is 18.4 Å². The van der Waals surface area contributed by atoms with Crippen LogP contribution < -0.4 is 4.74 Å². The summed E-state index contributed by atoms with van der Waals surface area (Å²) in [6.45, 7) is 1.82. The summed E-state index contributed by atoms with van der Waals surface area (Å²) >= 11 is 12.3. The van der Waals surface area contributed by atoms with E-state index in [9.17, 15) is 9.59 Å². The van der Waals surface area contributed by atoms with Crippen LogP contribution in [0.1, 0.15) is 33.6 Å². The molecule has 0 atom stereocenters. The van der Waals surface area contributed by atoms with Crippen LogP contribution in [0.5, 0.6) is 5.75 Å². The van der Waals surface area contributed by atoms with E-state index in [1.807, 2.05) is 0 Å². The van der Waals surface area contributed by atoms with Gasteiger partial charge in [0.05, 0.1) is 22.7 Å². The van der Waals surface area contributed by atoms with Crippen LogP contribution in [0.3, 0.4) is 0 Å². The second-order valence-corrected chi connectivity index (χ2v) is 7.54. The molecule has 0 aromatic heterocycles. The quantitative estimate of drug-likeness (QED) is 0.687. The fourth-order valence-electron chi connectivity index (χ4n) is 3.14. The van der Waals surface area contributed by atoms with Gasteiger partial charge in [0.15, 0.2) is 0 Å². The number of ether oxygens (including phenoxy) is 1. The van der Waals surface area contributed by atoms with Gasteiger partial charge in [-0.15, -0.1) is 0 Å². The molecule has 3 rings (SSSR count). The molecule has 2 amide bonds. The Hall–Kier alpha value is -2.24. The summed E-state index contributed by atoms with van der Waals surface area (Å²) in [5, 5.41) is 0.913. The van der Waals surface area contributed by atoms with Crippen LogP contribution in [0, 0.1) is 0 Å². The highest BCUT2D eigenvalue weighted by Gasteiger charge is 2.21. The lowest BCUT2D eigenvalue weighted by atomic mass is 10.1. The summed E-state index contributed by atoms with van der Waals surface area (Å²) in [5.41, 5.74) is 0.912. The topological polar surface area (TPSA) is 49.9 Å². The molecule has 0 radical (unpaired) electrons. The molecule has 1 heterocycles. The average molecular weight is 421 g/mol. The summed E-state index contributed by atoms with van der Waals surface area (Å²) in [4.78, 5) is 29.1. The van der Waals surface area contributed by atoms with Crippen molar-refractivity contribution in [3.63, 3.8) is 0 Å². The van der Waals surface area contributed by atoms with Crippen molar-refractivity contribution in [1.82, 2.24) is 9.80 Å². The largest absolute Gasteiger partial charge is 0.491 e. The Morgan fingerprint density at radius 3 is 2.57 bits per heavy atom. The van der Waals surface area contributed by atoms with E-state index in [0.29, 0.717) is 46.6 Å². The number of rotatable bonds is 1. The first kappa shape index (κ1) is 20.5. The van der Waals surface area contributed by atoms with E-state index < -0.39 is 0 Å². The number of hydrogen-bond donors (Lipinski definition) is 0. The summed E-state index contributed by atoms with van der Waals surface area (Å²) < 4.78 is 5.85. The van der Waals surface area contributed by atoms with Crippen molar-refractivity contribution in [2.75, 3.05) is 33.3 Å². The number of benzene rings is 2. The van der Waals surface area contributed by atoms with Gasteiger partial charge in [0.1, 0.15) is 12.4 Å². The van der Waals surface area contributed by atoms with Gasteiger partial charge in [0, 0.05) is 25.2 Å². The van der Waals surface area contributed by atoms with Gasteiger partial charge >= 0.3 is 0 Å². The van der Waals surface area contributed by atoms with E-state index in [0.717, 1.165) is 12.8 Å². The molecule has 0 unspecified atom stereocenters. The Morgan fingerprint density at radius 1 is 1.04 bits per heavy atom. The molecule has 1 aliphatic rings. The average Bonchev–Trinajstić information content (AvgIpc) is 2.69. The van der Waals surface area contributed by atoms with E-state index in [4.69, 9.17) is 27.9 Å². The molecule has 5 nitrogen and oxygen atoms in total. The first-order valence-corrected chi connectivity index (χ1v) is 9.94. The van der Waals surface area contributed by atoms with Gasteiger partial charge in [-0.2, -0.15) is 0 Å². The zero-order chi connectivity index (χ0) is 20.1. The highest BCUT2D eigenvalue weighted by atomic mass is 35.5. The van der Waals surface area contributed by atoms with E-state index in [1.54, 1.807) is 59.3 Å². The molecule has 2 aromatic carbocycles. The molecule has 2 aromatic rings. The van der Waals surface area contributed by atoms with Crippen LogP contribution in [0.25, 0.3) is 0 Å². The van der Waals surface area contributed by atoms with Crippen molar-refractivity contribution < 1.29 is 14.3 Å². The van der Waals surface area contributed by atoms with Gasteiger partial charge in [-0.25, -0.2) is 0 Å². The number of fused-ring (bicyclic) bond motifs is 1. The van der Waals surface area contributed by atoms with Gasteiger partial charge in [-0.3, -0.25) is 9.59 Å². The van der Waals surface area contributed by atoms with Crippen molar-refractivity contribution in [3.8, 4) is 5.75 Å². The third-order valence-corrected chi connectivity index (χ3v) is 5.27. The molecule has 7 heteroatoms. The molecule has 0 spiro atoms. The smallest absolute Gasteiger partial charge is 0.257 e. The predicted octanol–water partition coefficient (Wildman–Crippen LogP) is 4.38. The maximum atomic E-state index is 12.9. The summed E-state index contributed by atoms with van der Waals surface area (Å²) in [7, 11) is 1.76. The minimum atomic E-state index is -0.123. The number of carbonyl (C=O) groups excluding carboxylic acids is 2. The second kappa shape index (κ2) is 9.30. The van der Waals surface area contributed by atoms with Gasteiger partial charge in [-0.1, -0.05) is 35.3 Å². The van der Waals surface area contributed by atoms with Crippen molar-refractivity contribution in [2.24, 2.45) is 0 Å². The first-order valence-electron chi connectivity index (χ1n) is 9.19. The Bertz CT molecular complexity index is 872. The Labute approximate surface area is 174 Å². The van der Waals surface area contributed by atoms with Crippen molar-refractivity contribution in [3.05, 3.63) is 63.6 Å². The molecule has 0 bridgehead atoms. The van der Waals surface area contributed by atoms with Crippen LogP contribution >= 0.6 is 23.2 Å². The third kappa shape index (κ3) is 4.78. The molecule has 0 saturated carbocycles. The van der Waals surface area contributed by atoms with Gasteiger partial charge in [0.2, 0.25) is 0 Å². The Balaban J connectivity index is 1.82. The number of carbonyl (C=O) groups is 2. The Morgan fingerprint density at radius 2 is 1.79 bits per heavy atom. The van der Waals surface area contributed by atoms with E-state index in [2.05, 4.69) is 0 Å². The van der Waals surface area contributed by atoms with Crippen LogP contribution in [0.15, 0.2) is 42.5 Å². The fourth-order valence-corrected chi connectivity index (χ4v) is 3.53. The lowest BCUT2D eigenvalue weighted by Crippen LogP contribution is -2.37. The minimum Gasteiger partial charge on any atom is -0.491 e. The number of halogens is 2. The molecule has 28 heavy (non-hydrogen) atoms. The van der Waals surface area contributed by atoms with Crippen LogP contribution in [0.2, 0.25) is 10.0 Å². The van der Waals surface area contributed by atoms with Crippen molar-refractivity contribution in [2.45, 2.75) is 12.8 Å². The van der Waals surface area contributed by atoms with Gasteiger partial charge < -0.3 is 14.5 Å². The van der Waals surface area contributed by atoms with Crippen LogP contribution in [-0.4, -0.2) is 54.9 Å². The third-order valence-electron chi connectivity index (χ3n) is 4.70. The number of amides is 2. The monoisotopic (exact) mass is 420 g/mol. The SMILES string of the molecule is CN1CCCCN(C(=O)c2ccccc2Cl)CCOc2ccc(Cl)cc2C1=O. The molecule has 0 saturated heterocycles. The number of nitrogens with zero attached hydrogens (tertiary/aromatic N) is 2. The molecule has 148 valence electrons. The van der Waals surface area contributed by atoms with Crippen LogP contribution in [-0.2, 0) is 0 Å². The molecule has 0 fully saturated rings. The Kier molecular flexibility index (Phi) is 6.81. The maximum Gasteiger partial charge on any atom is 0.257 e. The van der Waals surface area contributed by atoms with Crippen molar-refractivity contribution in [1.29, 1.82) is 0 Å². The number of hydrogen-bond acceptors (Lipinski definition) is 3.